The van der Waals surface area contributed by atoms with Crippen LogP contribution in [0.3, 0.4) is 0 Å². The van der Waals surface area contributed by atoms with Crippen molar-refractivity contribution < 1.29 is 14.3 Å². The average molecular weight is 625 g/mol. The van der Waals surface area contributed by atoms with Gasteiger partial charge in [0.05, 0.1) is 12.8 Å². The summed E-state index contributed by atoms with van der Waals surface area (Å²) in [5.41, 5.74) is 2.82. The minimum absolute atomic E-state index is 0.0729. The van der Waals surface area contributed by atoms with Gasteiger partial charge in [0.1, 0.15) is 18.2 Å². The van der Waals surface area contributed by atoms with E-state index >= 15 is 0 Å². The summed E-state index contributed by atoms with van der Waals surface area (Å²) >= 11 is 19.1. The maximum Gasteiger partial charge on any atom is 0.266 e. The van der Waals surface area contributed by atoms with Gasteiger partial charge in [-0.2, -0.15) is 5.26 Å². The Morgan fingerprint density at radius 1 is 1.09 bits per heavy atom. The fourth-order valence-electron chi connectivity index (χ4n) is 3.01. The molecule has 0 aromatic heterocycles. The predicted octanol–water partition coefficient (Wildman–Crippen LogP) is 7.96. The van der Waals surface area contributed by atoms with Crippen LogP contribution in [0.4, 0.5) is 5.69 Å². The van der Waals surface area contributed by atoms with Gasteiger partial charge in [-0.05, 0) is 92.4 Å². The number of nitrogens with one attached hydrogen (secondary N) is 1. The zero-order valence-corrected chi connectivity index (χ0v) is 22.8. The Balaban J connectivity index is 1.84. The van der Waals surface area contributed by atoms with E-state index in [0.29, 0.717) is 41.7 Å². The molecule has 9 heteroatoms. The maximum atomic E-state index is 12.8. The summed E-state index contributed by atoms with van der Waals surface area (Å²) in [5, 5.41) is 13.4. The van der Waals surface area contributed by atoms with Crippen LogP contribution in [0.5, 0.6) is 11.5 Å². The van der Waals surface area contributed by atoms with Gasteiger partial charge in [-0.1, -0.05) is 35.3 Å². The van der Waals surface area contributed by atoms with Gasteiger partial charge in [0.2, 0.25) is 0 Å². The quantitative estimate of drug-likeness (QED) is 0.214. The molecule has 3 aromatic rings. The van der Waals surface area contributed by atoms with Gasteiger partial charge in [-0.15, -0.1) is 0 Å². The second kappa shape index (κ2) is 11.8. The fraction of sp³-hybridized carbons (Fsp3) is 0.120. The molecular weight excluding hydrogens is 607 g/mol. The summed E-state index contributed by atoms with van der Waals surface area (Å²) in [6.45, 7) is 2.12. The van der Waals surface area contributed by atoms with Crippen molar-refractivity contribution in [2.45, 2.75) is 13.5 Å². The Hall–Kier alpha value is -2.50. The number of halogens is 4. The zero-order valence-electron chi connectivity index (χ0n) is 18.1. The molecule has 0 unspecified atom stereocenters. The lowest BCUT2D eigenvalue weighted by Crippen LogP contribution is -2.14. The highest BCUT2D eigenvalue weighted by molar-refractivity contribution is 9.11. The largest absolute Gasteiger partial charge is 0.493 e. The molecule has 0 saturated heterocycles. The molecule has 0 aliphatic heterocycles. The van der Waals surface area contributed by atoms with Gasteiger partial charge in [0, 0.05) is 24.6 Å². The van der Waals surface area contributed by atoms with Gasteiger partial charge in [0.25, 0.3) is 5.91 Å². The van der Waals surface area contributed by atoms with E-state index in [0.717, 1.165) is 11.1 Å². The number of amides is 1. The smallest absolute Gasteiger partial charge is 0.266 e. The lowest BCUT2D eigenvalue weighted by molar-refractivity contribution is -0.112. The molecule has 0 aliphatic carbocycles. The molecule has 1 amide bonds. The number of benzene rings is 3. The van der Waals surface area contributed by atoms with E-state index in [1.54, 1.807) is 36.4 Å². The fourth-order valence-corrected chi connectivity index (χ4v) is 5.08. The molecular formula is C25H18Br2Cl2N2O3. The van der Waals surface area contributed by atoms with Crippen LogP contribution in [-0.4, -0.2) is 13.0 Å². The minimum atomic E-state index is -0.543. The van der Waals surface area contributed by atoms with E-state index in [1.807, 2.05) is 25.1 Å². The normalized spacial score (nSPS) is 11.0. The molecule has 0 saturated carbocycles. The van der Waals surface area contributed by atoms with E-state index in [9.17, 15) is 10.1 Å². The zero-order chi connectivity index (χ0) is 24.8. The lowest BCUT2D eigenvalue weighted by Gasteiger charge is -2.13. The van der Waals surface area contributed by atoms with Crippen LogP contribution in [0.2, 0.25) is 10.0 Å². The molecule has 3 aromatic carbocycles. The van der Waals surface area contributed by atoms with Crippen molar-refractivity contribution >= 4 is 72.7 Å². The van der Waals surface area contributed by atoms with Gasteiger partial charge < -0.3 is 14.8 Å². The number of hydrogen-bond donors (Lipinski definition) is 1. The number of carbonyl (C=O) groups is 1. The minimum Gasteiger partial charge on any atom is -0.493 e. The third-order valence-corrected chi connectivity index (χ3v) is 6.52. The first-order valence-corrected chi connectivity index (χ1v) is 12.2. The van der Waals surface area contributed by atoms with Gasteiger partial charge in [-0.25, -0.2) is 0 Å². The summed E-state index contributed by atoms with van der Waals surface area (Å²) < 4.78 is 12.7. The maximum absolute atomic E-state index is 12.8. The molecule has 0 fully saturated rings. The van der Waals surface area contributed by atoms with E-state index in [2.05, 4.69) is 37.2 Å². The third-order valence-electron chi connectivity index (χ3n) is 4.69. The van der Waals surface area contributed by atoms with Gasteiger partial charge >= 0.3 is 0 Å². The van der Waals surface area contributed by atoms with Crippen molar-refractivity contribution in [2.24, 2.45) is 0 Å². The van der Waals surface area contributed by atoms with Crippen molar-refractivity contribution in [1.29, 1.82) is 5.26 Å². The summed E-state index contributed by atoms with van der Waals surface area (Å²) in [5.74, 6) is 0.390. The first-order valence-electron chi connectivity index (χ1n) is 9.85. The Morgan fingerprint density at radius 3 is 2.41 bits per heavy atom. The van der Waals surface area contributed by atoms with Crippen molar-refractivity contribution in [3.05, 3.63) is 89.8 Å². The van der Waals surface area contributed by atoms with Crippen LogP contribution in [0.1, 0.15) is 16.7 Å². The molecule has 0 heterocycles. The molecule has 3 rings (SSSR count). The summed E-state index contributed by atoms with van der Waals surface area (Å²) in [6.07, 6.45) is 1.48. The highest BCUT2D eigenvalue weighted by Gasteiger charge is 2.15. The first kappa shape index (κ1) is 26.1. The molecule has 0 spiro atoms. The number of anilines is 1. The Bertz CT molecular complexity index is 1300. The summed E-state index contributed by atoms with van der Waals surface area (Å²) in [7, 11) is 1.53. The second-order valence-electron chi connectivity index (χ2n) is 7.16. The van der Waals surface area contributed by atoms with E-state index < -0.39 is 5.91 Å². The monoisotopic (exact) mass is 622 g/mol. The number of methoxy groups -OCH3 is 1. The van der Waals surface area contributed by atoms with Crippen LogP contribution in [0.25, 0.3) is 6.08 Å². The van der Waals surface area contributed by atoms with E-state index in [-0.39, 0.29) is 12.2 Å². The molecule has 174 valence electrons. The molecule has 5 nitrogen and oxygen atoms in total. The molecule has 1 N–H and O–H groups in total. The number of ether oxygens (including phenoxy) is 2. The lowest BCUT2D eigenvalue weighted by atomic mass is 10.1. The molecule has 0 bridgehead atoms. The van der Waals surface area contributed by atoms with Gasteiger partial charge in [-0.3, -0.25) is 4.79 Å². The topological polar surface area (TPSA) is 71.3 Å². The van der Waals surface area contributed by atoms with Crippen molar-refractivity contribution in [1.82, 2.24) is 0 Å². The number of aryl methyl sites for hydroxylation is 1. The van der Waals surface area contributed by atoms with Crippen LogP contribution in [-0.2, 0) is 11.4 Å². The SMILES string of the molecule is COc1ccc(/C=C(\C#N)C(=O)Nc2c(Br)cc(C)cc2Br)cc1OCc1ccc(Cl)cc1Cl. The number of nitriles is 1. The average Bonchev–Trinajstić information content (AvgIpc) is 2.79. The van der Waals surface area contributed by atoms with Gasteiger partial charge in [0.15, 0.2) is 11.5 Å². The summed E-state index contributed by atoms with van der Waals surface area (Å²) in [4.78, 5) is 12.8. The summed E-state index contributed by atoms with van der Waals surface area (Å²) in [6, 6.07) is 16.0. The van der Waals surface area contributed by atoms with E-state index in [4.69, 9.17) is 32.7 Å². The molecule has 0 radical (unpaired) electrons. The molecule has 0 aliphatic rings. The predicted molar refractivity (Wildman–Crippen MR) is 143 cm³/mol. The second-order valence-corrected chi connectivity index (χ2v) is 9.71. The number of carbonyl (C=O) groups excluding carboxylic acids is 1. The van der Waals surface area contributed by atoms with Crippen molar-refractivity contribution in [3.8, 4) is 17.6 Å². The highest BCUT2D eigenvalue weighted by atomic mass is 79.9. The Morgan fingerprint density at radius 2 is 1.79 bits per heavy atom. The van der Waals surface area contributed by atoms with Crippen molar-refractivity contribution in [2.75, 3.05) is 12.4 Å². The Labute approximate surface area is 224 Å². The van der Waals surface area contributed by atoms with Crippen LogP contribution >= 0.6 is 55.1 Å². The van der Waals surface area contributed by atoms with Crippen molar-refractivity contribution in [3.63, 3.8) is 0 Å². The number of hydrogen-bond acceptors (Lipinski definition) is 4. The van der Waals surface area contributed by atoms with Crippen LogP contribution in [0.15, 0.2) is 63.0 Å². The van der Waals surface area contributed by atoms with Crippen LogP contribution < -0.4 is 14.8 Å². The number of nitrogens with zero attached hydrogens (tertiary/aromatic N) is 1. The Kier molecular flexibility index (Phi) is 9.03. The highest BCUT2D eigenvalue weighted by Crippen LogP contribution is 2.33. The van der Waals surface area contributed by atoms with Crippen LogP contribution in [0, 0.1) is 18.3 Å². The molecule has 0 atom stereocenters. The standard InChI is InChI=1S/C25H18Br2Cl2N2O3/c1-14-7-19(26)24(20(27)8-14)31-25(32)17(12-30)9-15-3-6-22(33-2)23(10-15)34-13-16-4-5-18(28)11-21(16)29/h3-11H,13H2,1-2H3,(H,31,32)/b17-9+. The number of rotatable bonds is 7. The molecule has 34 heavy (non-hydrogen) atoms. The third kappa shape index (κ3) is 6.55. The van der Waals surface area contributed by atoms with E-state index in [1.165, 1.54) is 13.2 Å². The first-order chi connectivity index (χ1) is 16.2.